The Bertz CT molecular complexity index is 1500. The summed E-state index contributed by atoms with van der Waals surface area (Å²) in [5.41, 5.74) is 0.814. The molecular formula is C37H50N3O7PS2. The molecule has 272 valence electrons. The summed E-state index contributed by atoms with van der Waals surface area (Å²) >= 11 is 3.13. The number of hydrogen-bond acceptors (Lipinski definition) is 9. The van der Waals surface area contributed by atoms with E-state index >= 15 is 0 Å². The third-order valence-electron chi connectivity index (χ3n) is 7.75. The summed E-state index contributed by atoms with van der Waals surface area (Å²) in [4.78, 5) is 43.9. The van der Waals surface area contributed by atoms with E-state index in [0.29, 0.717) is 17.9 Å². The zero-order valence-corrected chi connectivity index (χ0v) is 32.4. The maximum absolute atomic E-state index is 14.9. The maximum atomic E-state index is 14.9. The fourth-order valence-electron chi connectivity index (χ4n) is 5.12. The Kier molecular flexibility index (Phi) is 16.6. The third kappa shape index (κ3) is 12.3. The van der Waals surface area contributed by atoms with Crippen molar-refractivity contribution in [1.82, 2.24) is 15.5 Å². The quantitative estimate of drug-likeness (QED) is 0.0920. The molecule has 0 saturated heterocycles. The normalized spacial score (nSPS) is 12.6. The molecule has 13 heteroatoms. The van der Waals surface area contributed by atoms with Crippen LogP contribution in [0.2, 0.25) is 0 Å². The van der Waals surface area contributed by atoms with E-state index in [0.717, 1.165) is 21.8 Å². The standard InChI is InChI=1S/C37H50N3O7PS2/c1-8-9-23-40(33(41)24-38-37(43)45-25-28-13-11-10-12-14-28)34(26(2)3)35(42)39-36(27(4)5)48(44,46-29-15-19-31(49-6)20-16-29)47-30-17-21-32(50-7)22-18-30/h10-22,26-27,34,36H,8-9,23-25H2,1-7H3,(H,38,43)(H,39,42)/t34-,36-/m0/s1. The summed E-state index contributed by atoms with van der Waals surface area (Å²) in [6.07, 6.45) is 4.59. The van der Waals surface area contributed by atoms with Crippen molar-refractivity contribution in [3.63, 3.8) is 0 Å². The van der Waals surface area contributed by atoms with Crippen LogP contribution < -0.4 is 19.7 Å². The third-order valence-corrected chi connectivity index (χ3v) is 11.6. The average Bonchev–Trinajstić information content (AvgIpc) is 3.11. The molecule has 0 aliphatic rings. The van der Waals surface area contributed by atoms with Crippen LogP contribution in [0.1, 0.15) is 53.0 Å². The number of unbranched alkanes of at least 4 members (excludes halogenated alkanes) is 1. The van der Waals surface area contributed by atoms with Crippen LogP contribution >= 0.6 is 31.1 Å². The molecule has 3 aromatic carbocycles. The molecule has 2 atom stereocenters. The highest BCUT2D eigenvalue weighted by molar-refractivity contribution is 7.98. The molecule has 2 N–H and O–H groups in total. The van der Waals surface area contributed by atoms with Gasteiger partial charge in [-0.1, -0.05) is 71.4 Å². The smallest absolute Gasteiger partial charge is 0.445 e. The Morgan fingerprint density at radius 3 is 1.80 bits per heavy atom. The van der Waals surface area contributed by atoms with Crippen LogP contribution in [0, 0.1) is 11.8 Å². The van der Waals surface area contributed by atoms with E-state index in [9.17, 15) is 18.9 Å². The number of hydrogen-bond donors (Lipinski definition) is 2. The summed E-state index contributed by atoms with van der Waals surface area (Å²) in [5, 5.41) is 5.50. The zero-order valence-electron chi connectivity index (χ0n) is 29.9. The first-order chi connectivity index (χ1) is 23.9. The summed E-state index contributed by atoms with van der Waals surface area (Å²) in [7, 11) is -4.16. The highest BCUT2D eigenvalue weighted by Crippen LogP contribution is 2.54. The lowest BCUT2D eigenvalue weighted by Crippen LogP contribution is -2.57. The molecule has 0 bridgehead atoms. The van der Waals surface area contributed by atoms with Gasteiger partial charge >= 0.3 is 13.7 Å². The van der Waals surface area contributed by atoms with Crippen LogP contribution in [0.25, 0.3) is 0 Å². The summed E-state index contributed by atoms with van der Waals surface area (Å²) in [5.74, 6) is -2.08. The fourth-order valence-corrected chi connectivity index (χ4v) is 8.04. The first-order valence-electron chi connectivity index (χ1n) is 16.7. The lowest BCUT2D eigenvalue weighted by molar-refractivity contribution is -0.141. The number of alkyl carbamates (subject to hydrolysis) is 1. The predicted octanol–water partition coefficient (Wildman–Crippen LogP) is 8.46. The molecule has 0 fully saturated rings. The molecule has 0 aliphatic heterocycles. The van der Waals surface area contributed by atoms with E-state index in [2.05, 4.69) is 10.6 Å². The van der Waals surface area contributed by atoms with E-state index in [1.807, 2.05) is 102 Å². The van der Waals surface area contributed by atoms with Gasteiger partial charge in [0.25, 0.3) is 0 Å². The van der Waals surface area contributed by atoms with E-state index in [4.69, 9.17) is 13.8 Å². The molecule has 0 radical (unpaired) electrons. The van der Waals surface area contributed by atoms with E-state index in [1.165, 1.54) is 4.90 Å². The maximum Gasteiger partial charge on any atom is 0.453 e. The van der Waals surface area contributed by atoms with Crippen LogP contribution in [0.15, 0.2) is 88.7 Å². The summed E-state index contributed by atoms with van der Waals surface area (Å²) in [6, 6.07) is 22.6. The Labute approximate surface area is 305 Å². The highest BCUT2D eigenvalue weighted by atomic mass is 32.2. The first kappa shape index (κ1) is 40.8. The number of carbonyl (C=O) groups is 3. The van der Waals surface area contributed by atoms with Crippen molar-refractivity contribution in [3.8, 4) is 11.5 Å². The summed E-state index contributed by atoms with van der Waals surface area (Å²) < 4.78 is 32.6. The number of benzene rings is 3. The van der Waals surface area contributed by atoms with Gasteiger partial charge in [0.15, 0.2) is 5.78 Å². The van der Waals surface area contributed by atoms with Gasteiger partial charge in [-0.3, -0.25) is 9.59 Å². The van der Waals surface area contributed by atoms with Crippen molar-refractivity contribution in [3.05, 3.63) is 84.4 Å². The zero-order chi connectivity index (χ0) is 36.7. The molecule has 0 spiro atoms. The second kappa shape index (κ2) is 20.3. The minimum atomic E-state index is -4.16. The molecule has 3 aromatic rings. The Morgan fingerprint density at radius 1 is 0.800 bits per heavy atom. The number of carbonyl (C=O) groups excluding carboxylic acids is 3. The van der Waals surface area contributed by atoms with Crippen LogP contribution in [0.5, 0.6) is 11.5 Å². The van der Waals surface area contributed by atoms with E-state index in [1.54, 1.807) is 47.8 Å². The van der Waals surface area contributed by atoms with Crippen LogP contribution in [-0.4, -0.2) is 60.2 Å². The molecule has 50 heavy (non-hydrogen) atoms. The van der Waals surface area contributed by atoms with Crippen molar-refractivity contribution in [1.29, 1.82) is 0 Å². The number of amides is 3. The van der Waals surface area contributed by atoms with Crippen LogP contribution in [0.4, 0.5) is 4.79 Å². The van der Waals surface area contributed by atoms with Crippen molar-refractivity contribution < 1.29 is 32.7 Å². The lowest BCUT2D eigenvalue weighted by Gasteiger charge is -2.36. The van der Waals surface area contributed by atoms with Gasteiger partial charge < -0.3 is 29.3 Å². The number of nitrogens with one attached hydrogen (secondary N) is 2. The van der Waals surface area contributed by atoms with Gasteiger partial charge in [-0.15, -0.1) is 23.5 Å². The minimum absolute atomic E-state index is 0.0572. The highest BCUT2D eigenvalue weighted by Gasteiger charge is 2.45. The largest absolute Gasteiger partial charge is 0.453 e. The Balaban J connectivity index is 1.87. The monoisotopic (exact) mass is 743 g/mol. The Morgan fingerprint density at radius 2 is 1.34 bits per heavy atom. The van der Waals surface area contributed by atoms with Gasteiger partial charge in [-0.05, 0) is 84.9 Å². The number of nitrogens with zero attached hydrogens (tertiary/aromatic N) is 1. The van der Waals surface area contributed by atoms with Crippen molar-refractivity contribution in [2.45, 2.75) is 75.7 Å². The topological polar surface area (TPSA) is 123 Å². The minimum Gasteiger partial charge on any atom is -0.445 e. The summed E-state index contributed by atoms with van der Waals surface area (Å²) in [6.45, 7) is 9.31. The SMILES string of the molecule is CCCCN(C(=O)CNC(=O)OCc1ccccc1)[C@H](C(=O)N[C@H](C(C)C)P(=O)(Oc1ccc(SC)cc1)Oc1ccc(SC)cc1)C(C)C. The van der Waals surface area contributed by atoms with Gasteiger partial charge in [0.05, 0.1) is 0 Å². The second-order valence-electron chi connectivity index (χ2n) is 12.3. The molecule has 10 nitrogen and oxygen atoms in total. The first-order valence-corrected chi connectivity index (χ1v) is 20.8. The van der Waals surface area contributed by atoms with Crippen LogP contribution in [-0.2, 0) is 25.5 Å². The Hall–Kier alpha value is -3.60. The number of rotatable bonds is 19. The second-order valence-corrected chi connectivity index (χ2v) is 16.1. The molecule has 0 aliphatic carbocycles. The van der Waals surface area contributed by atoms with Crippen molar-refractivity contribution >= 4 is 49.0 Å². The molecule has 3 amide bonds. The van der Waals surface area contributed by atoms with Gasteiger partial charge in [-0.25, -0.2) is 9.36 Å². The van der Waals surface area contributed by atoms with Gasteiger partial charge in [0.2, 0.25) is 11.8 Å². The number of thioether (sulfide) groups is 2. The van der Waals surface area contributed by atoms with Gasteiger partial charge in [0.1, 0.15) is 30.7 Å². The average molecular weight is 744 g/mol. The van der Waals surface area contributed by atoms with E-state index < -0.39 is 43.2 Å². The van der Waals surface area contributed by atoms with Crippen LogP contribution in [0.3, 0.4) is 0 Å². The molecule has 0 heterocycles. The molecule has 0 unspecified atom stereocenters. The molecular weight excluding hydrogens is 694 g/mol. The van der Waals surface area contributed by atoms with Crippen molar-refractivity contribution in [2.24, 2.45) is 11.8 Å². The van der Waals surface area contributed by atoms with Crippen molar-refractivity contribution in [2.75, 3.05) is 25.6 Å². The van der Waals surface area contributed by atoms with E-state index in [-0.39, 0.29) is 25.6 Å². The predicted molar refractivity (Wildman–Crippen MR) is 202 cm³/mol. The molecule has 3 rings (SSSR count). The van der Waals surface area contributed by atoms with Gasteiger partial charge in [0, 0.05) is 16.3 Å². The molecule has 0 aromatic heterocycles. The number of ether oxygens (including phenoxy) is 1. The van der Waals surface area contributed by atoms with Gasteiger partial charge in [-0.2, -0.15) is 0 Å². The fraction of sp³-hybridized carbons (Fsp3) is 0.432. The lowest BCUT2D eigenvalue weighted by atomic mass is 10.00. The molecule has 0 saturated carbocycles.